The molecule has 0 saturated carbocycles. The van der Waals surface area contributed by atoms with Crippen LogP contribution < -0.4 is 0 Å². The summed E-state index contributed by atoms with van der Waals surface area (Å²) < 4.78 is 6.41. The molecule has 1 N–H and O–H groups in total. The SMILES string of the molecule is CC(C)(C)c1cc(-c2cccc(-c3nc4c(-c5cccc6c5[nH]c5ccccc56)cccc4o3)c2)c2ncccc2c1. The highest BCUT2D eigenvalue weighted by molar-refractivity contribution is 6.13. The van der Waals surface area contributed by atoms with Gasteiger partial charge in [-0.15, -0.1) is 0 Å². The zero-order valence-electron chi connectivity index (χ0n) is 23.8. The lowest BCUT2D eigenvalue weighted by Crippen LogP contribution is -2.11. The molecule has 3 heterocycles. The third-order valence-electron chi connectivity index (χ3n) is 8.24. The molecule has 4 nitrogen and oxygen atoms in total. The van der Waals surface area contributed by atoms with Gasteiger partial charge in [-0.1, -0.05) is 87.5 Å². The number of aromatic nitrogens is 3. The van der Waals surface area contributed by atoms with Crippen LogP contribution in [-0.4, -0.2) is 15.0 Å². The smallest absolute Gasteiger partial charge is 0.227 e. The highest BCUT2D eigenvalue weighted by Crippen LogP contribution is 2.39. The Morgan fingerprint density at radius 1 is 0.643 bits per heavy atom. The maximum Gasteiger partial charge on any atom is 0.227 e. The zero-order chi connectivity index (χ0) is 28.4. The van der Waals surface area contributed by atoms with E-state index in [0.717, 1.165) is 60.9 Å². The van der Waals surface area contributed by atoms with Gasteiger partial charge in [0.25, 0.3) is 0 Å². The van der Waals surface area contributed by atoms with Gasteiger partial charge < -0.3 is 9.40 Å². The summed E-state index contributed by atoms with van der Waals surface area (Å²) >= 11 is 0. The highest BCUT2D eigenvalue weighted by Gasteiger charge is 2.19. The lowest BCUT2D eigenvalue weighted by atomic mass is 9.84. The van der Waals surface area contributed by atoms with Gasteiger partial charge in [0.2, 0.25) is 5.89 Å². The Bertz CT molecular complexity index is 2300. The maximum atomic E-state index is 6.41. The first-order chi connectivity index (χ1) is 20.4. The molecule has 42 heavy (non-hydrogen) atoms. The zero-order valence-corrected chi connectivity index (χ0v) is 23.8. The largest absolute Gasteiger partial charge is 0.436 e. The number of fused-ring (bicyclic) bond motifs is 5. The fourth-order valence-corrected chi connectivity index (χ4v) is 6.05. The Morgan fingerprint density at radius 2 is 1.43 bits per heavy atom. The molecule has 5 aromatic carbocycles. The first kappa shape index (κ1) is 24.6. The fourth-order valence-electron chi connectivity index (χ4n) is 6.05. The molecule has 0 aliphatic heterocycles. The van der Waals surface area contributed by atoms with Gasteiger partial charge in [-0.2, -0.15) is 0 Å². The topological polar surface area (TPSA) is 54.7 Å². The van der Waals surface area contributed by atoms with Crippen molar-refractivity contribution in [3.63, 3.8) is 0 Å². The number of pyridine rings is 1. The van der Waals surface area contributed by atoms with Crippen molar-refractivity contribution in [3.8, 4) is 33.7 Å². The molecule has 0 saturated heterocycles. The van der Waals surface area contributed by atoms with E-state index in [2.05, 4.69) is 117 Å². The van der Waals surface area contributed by atoms with Crippen molar-refractivity contribution < 1.29 is 4.42 Å². The second kappa shape index (κ2) is 9.15. The third-order valence-corrected chi connectivity index (χ3v) is 8.24. The summed E-state index contributed by atoms with van der Waals surface area (Å²) in [4.78, 5) is 13.5. The molecule has 0 aliphatic carbocycles. The van der Waals surface area contributed by atoms with Crippen LogP contribution in [0, 0.1) is 0 Å². The van der Waals surface area contributed by atoms with E-state index in [1.165, 1.54) is 16.3 Å². The van der Waals surface area contributed by atoms with Gasteiger partial charge in [0.05, 0.1) is 11.0 Å². The van der Waals surface area contributed by atoms with E-state index in [1.54, 1.807) is 0 Å². The van der Waals surface area contributed by atoms with E-state index >= 15 is 0 Å². The van der Waals surface area contributed by atoms with Gasteiger partial charge in [0, 0.05) is 50.1 Å². The molecule has 0 amide bonds. The number of rotatable bonds is 3. The Kier molecular flexibility index (Phi) is 5.35. The van der Waals surface area contributed by atoms with E-state index in [-0.39, 0.29) is 5.41 Å². The first-order valence-electron chi connectivity index (χ1n) is 14.3. The second-order valence-electron chi connectivity index (χ2n) is 12.0. The summed E-state index contributed by atoms with van der Waals surface area (Å²) in [7, 11) is 0. The molecule has 0 atom stereocenters. The van der Waals surface area contributed by atoms with E-state index in [9.17, 15) is 0 Å². The van der Waals surface area contributed by atoms with Gasteiger partial charge in [0.15, 0.2) is 5.58 Å². The summed E-state index contributed by atoms with van der Waals surface area (Å²) in [5, 5.41) is 3.56. The van der Waals surface area contributed by atoms with Crippen LogP contribution in [0.5, 0.6) is 0 Å². The molecule has 8 aromatic rings. The van der Waals surface area contributed by atoms with Crippen molar-refractivity contribution in [3.05, 3.63) is 121 Å². The van der Waals surface area contributed by atoms with E-state index in [4.69, 9.17) is 14.4 Å². The molecule has 8 rings (SSSR count). The number of H-pyrrole nitrogens is 1. The van der Waals surface area contributed by atoms with Crippen LogP contribution in [-0.2, 0) is 5.41 Å². The van der Waals surface area contributed by atoms with Crippen LogP contribution in [0.3, 0.4) is 0 Å². The second-order valence-corrected chi connectivity index (χ2v) is 12.0. The third kappa shape index (κ3) is 3.91. The molecule has 0 unspecified atom stereocenters. The number of nitrogens with zero attached hydrogens (tertiary/aromatic N) is 2. The molecular formula is C38H29N3O. The van der Waals surface area contributed by atoms with E-state index < -0.39 is 0 Å². The molecule has 4 heteroatoms. The van der Waals surface area contributed by atoms with Crippen molar-refractivity contribution in [2.75, 3.05) is 0 Å². The molecule has 0 aliphatic rings. The molecule has 0 radical (unpaired) electrons. The quantitative estimate of drug-likeness (QED) is 0.241. The fraction of sp³-hybridized carbons (Fsp3) is 0.105. The number of oxazole rings is 1. The van der Waals surface area contributed by atoms with Crippen LogP contribution in [0.2, 0.25) is 0 Å². The summed E-state index contributed by atoms with van der Waals surface area (Å²) in [5.74, 6) is 0.604. The number of hydrogen-bond acceptors (Lipinski definition) is 3. The maximum absolute atomic E-state index is 6.41. The molecular weight excluding hydrogens is 514 g/mol. The lowest BCUT2D eigenvalue weighted by molar-refractivity contribution is 0.591. The summed E-state index contributed by atoms with van der Waals surface area (Å²) in [5.41, 5.74) is 11.4. The van der Waals surface area contributed by atoms with Crippen molar-refractivity contribution >= 4 is 43.8 Å². The molecule has 0 fully saturated rings. The Morgan fingerprint density at radius 3 is 2.33 bits per heavy atom. The average Bonchev–Trinajstić information content (AvgIpc) is 3.62. The number of hydrogen-bond donors (Lipinski definition) is 1. The number of para-hydroxylation sites is 3. The molecule has 202 valence electrons. The predicted octanol–water partition coefficient (Wildman–Crippen LogP) is 10.3. The highest BCUT2D eigenvalue weighted by atomic mass is 16.3. The molecule has 3 aromatic heterocycles. The van der Waals surface area contributed by atoms with Crippen LogP contribution in [0.4, 0.5) is 0 Å². The number of aromatic amines is 1. The Labute approximate surface area is 243 Å². The van der Waals surface area contributed by atoms with E-state index in [1.807, 2.05) is 24.4 Å². The van der Waals surface area contributed by atoms with Gasteiger partial charge >= 0.3 is 0 Å². The van der Waals surface area contributed by atoms with Crippen molar-refractivity contribution in [1.82, 2.24) is 15.0 Å². The van der Waals surface area contributed by atoms with E-state index in [0.29, 0.717) is 5.89 Å². The minimum absolute atomic E-state index is 0.0148. The monoisotopic (exact) mass is 543 g/mol. The minimum Gasteiger partial charge on any atom is -0.436 e. The average molecular weight is 544 g/mol. The summed E-state index contributed by atoms with van der Waals surface area (Å²) in [6.07, 6.45) is 1.86. The van der Waals surface area contributed by atoms with Crippen LogP contribution in [0.25, 0.3) is 77.5 Å². The predicted molar refractivity (Wildman–Crippen MR) is 174 cm³/mol. The van der Waals surface area contributed by atoms with Crippen LogP contribution in [0.1, 0.15) is 26.3 Å². The van der Waals surface area contributed by atoms with Gasteiger partial charge in [-0.05, 0) is 59.0 Å². The summed E-state index contributed by atoms with van der Waals surface area (Å²) in [6.45, 7) is 6.74. The number of benzene rings is 5. The Balaban J connectivity index is 1.28. The minimum atomic E-state index is 0.0148. The van der Waals surface area contributed by atoms with Gasteiger partial charge in [0.1, 0.15) is 5.52 Å². The van der Waals surface area contributed by atoms with Crippen molar-refractivity contribution in [1.29, 1.82) is 0 Å². The standard InChI is InChI=1S/C38H29N3O/c1-38(2,3)26-21-24-12-9-19-39-34(24)31(22-26)23-10-6-11-25(20-23)37-41-36-30(16-8-18-33(36)42-37)29-15-7-14-28-27-13-4-5-17-32(27)40-35(28)29/h4-22,40H,1-3H3. The van der Waals surface area contributed by atoms with Crippen LogP contribution in [0.15, 0.2) is 120 Å². The number of nitrogens with one attached hydrogen (secondary N) is 1. The molecule has 0 spiro atoms. The normalized spacial score (nSPS) is 12.2. The molecule has 0 bridgehead atoms. The first-order valence-corrected chi connectivity index (χ1v) is 14.3. The van der Waals surface area contributed by atoms with Crippen molar-refractivity contribution in [2.45, 2.75) is 26.2 Å². The lowest BCUT2D eigenvalue weighted by Gasteiger charge is -2.21. The van der Waals surface area contributed by atoms with Gasteiger partial charge in [-0.3, -0.25) is 4.98 Å². The van der Waals surface area contributed by atoms with Crippen molar-refractivity contribution in [2.24, 2.45) is 0 Å². The Hall–Kier alpha value is -5.22. The summed E-state index contributed by atoms with van der Waals surface area (Å²) in [6, 6.07) is 38.2. The van der Waals surface area contributed by atoms with Gasteiger partial charge in [-0.25, -0.2) is 4.98 Å². The van der Waals surface area contributed by atoms with Crippen LogP contribution >= 0.6 is 0 Å².